The lowest BCUT2D eigenvalue weighted by molar-refractivity contribution is 0.0954. The Kier molecular flexibility index (Phi) is 7.19. The van der Waals surface area contributed by atoms with Crippen molar-refractivity contribution in [2.45, 2.75) is 39.8 Å². The van der Waals surface area contributed by atoms with Gasteiger partial charge in [-0.25, -0.2) is 4.68 Å². The maximum absolute atomic E-state index is 12.4. The first-order valence-corrected chi connectivity index (χ1v) is 10.3. The average molecular weight is 391 g/mol. The molecule has 5 heteroatoms. The zero-order valence-electron chi connectivity index (χ0n) is 17.5. The molecule has 0 unspecified atom stereocenters. The molecule has 3 aromatic rings. The molecule has 3 rings (SSSR count). The molecule has 0 bridgehead atoms. The molecule has 1 N–H and O–H groups in total. The van der Waals surface area contributed by atoms with Gasteiger partial charge in [0, 0.05) is 30.9 Å². The van der Waals surface area contributed by atoms with Gasteiger partial charge in [0.15, 0.2) is 0 Å². The second kappa shape index (κ2) is 10.0. The summed E-state index contributed by atoms with van der Waals surface area (Å²) in [6.07, 6.45) is 4.60. The largest absolute Gasteiger partial charge is 0.352 e. The fourth-order valence-electron chi connectivity index (χ4n) is 3.29. The number of amides is 1. The Morgan fingerprint density at radius 2 is 1.79 bits per heavy atom. The molecule has 0 atom stereocenters. The van der Waals surface area contributed by atoms with Crippen LogP contribution in [0.25, 0.3) is 5.69 Å². The van der Waals surface area contributed by atoms with Crippen molar-refractivity contribution in [2.75, 3.05) is 13.1 Å². The van der Waals surface area contributed by atoms with Crippen molar-refractivity contribution in [3.8, 4) is 5.69 Å². The van der Waals surface area contributed by atoms with E-state index in [1.807, 2.05) is 71.7 Å². The molecular formula is C24H30N4O. The van der Waals surface area contributed by atoms with Gasteiger partial charge in [-0.3, -0.25) is 9.69 Å². The first-order chi connectivity index (χ1) is 14.1. The predicted molar refractivity (Wildman–Crippen MR) is 117 cm³/mol. The van der Waals surface area contributed by atoms with Gasteiger partial charge in [0.2, 0.25) is 0 Å². The van der Waals surface area contributed by atoms with Gasteiger partial charge in [-0.1, -0.05) is 37.3 Å². The maximum Gasteiger partial charge on any atom is 0.251 e. The van der Waals surface area contributed by atoms with Gasteiger partial charge in [0.25, 0.3) is 5.91 Å². The van der Waals surface area contributed by atoms with Crippen molar-refractivity contribution in [2.24, 2.45) is 0 Å². The third-order valence-corrected chi connectivity index (χ3v) is 5.09. The summed E-state index contributed by atoms with van der Waals surface area (Å²) in [6, 6.07) is 18.4. The van der Waals surface area contributed by atoms with E-state index in [9.17, 15) is 4.79 Å². The van der Waals surface area contributed by atoms with Gasteiger partial charge in [-0.15, -0.1) is 0 Å². The Morgan fingerprint density at radius 3 is 2.45 bits per heavy atom. The molecule has 0 fully saturated rings. The first-order valence-electron chi connectivity index (χ1n) is 10.3. The Labute approximate surface area is 173 Å². The number of benzene rings is 2. The quantitative estimate of drug-likeness (QED) is 0.599. The Balaban J connectivity index is 1.49. The monoisotopic (exact) mass is 390 g/mol. The summed E-state index contributed by atoms with van der Waals surface area (Å²) in [5.41, 5.74) is 4.05. The molecule has 0 saturated heterocycles. The molecule has 1 amide bonds. The van der Waals surface area contributed by atoms with E-state index < -0.39 is 0 Å². The maximum atomic E-state index is 12.4. The highest BCUT2D eigenvalue weighted by Crippen LogP contribution is 2.11. The number of nitrogens with zero attached hydrogens (tertiary/aromatic N) is 3. The normalized spacial score (nSPS) is 11.2. The van der Waals surface area contributed by atoms with E-state index in [2.05, 4.69) is 36.1 Å². The van der Waals surface area contributed by atoms with Crippen LogP contribution in [0.1, 0.15) is 42.3 Å². The summed E-state index contributed by atoms with van der Waals surface area (Å²) < 4.78 is 1.85. The molecule has 0 radical (unpaired) electrons. The third kappa shape index (κ3) is 5.78. The standard InChI is InChI=1S/C24H30N4O/c1-4-27(19(2)3)17-20-10-12-22(13-11-20)24(29)25-15-14-21-16-26-28(18-21)23-8-6-5-7-9-23/h5-13,16,18-19H,4,14-15,17H2,1-3H3,(H,25,29). The van der Waals surface area contributed by atoms with Crippen molar-refractivity contribution in [1.82, 2.24) is 20.0 Å². The molecule has 0 aliphatic rings. The molecule has 152 valence electrons. The molecule has 0 aliphatic carbocycles. The lowest BCUT2D eigenvalue weighted by atomic mass is 10.1. The van der Waals surface area contributed by atoms with E-state index in [1.165, 1.54) is 5.56 Å². The molecule has 2 aromatic carbocycles. The number of para-hydroxylation sites is 1. The molecule has 29 heavy (non-hydrogen) atoms. The summed E-state index contributed by atoms with van der Waals surface area (Å²) in [7, 11) is 0. The number of hydrogen-bond acceptors (Lipinski definition) is 3. The molecule has 1 aromatic heterocycles. The van der Waals surface area contributed by atoms with Crippen LogP contribution in [-0.2, 0) is 13.0 Å². The minimum atomic E-state index is -0.0387. The number of rotatable bonds is 9. The molecule has 0 spiro atoms. The fourth-order valence-corrected chi connectivity index (χ4v) is 3.29. The minimum absolute atomic E-state index is 0.0387. The second-order valence-electron chi connectivity index (χ2n) is 7.49. The molecule has 5 nitrogen and oxygen atoms in total. The van der Waals surface area contributed by atoms with E-state index in [1.54, 1.807) is 0 Å². The topological polar surface area (TPSA) is 50.2 Å². The smallest absolute Gasteiger partial charge is 0.251 e. The summed E-state index contributed by atoms with van der Waals surface area (Å²) in [5, 5.41) is 7.39. The highest BCUT2D eigenvalue weighted by atomic mass is 16.1. The van der Waals surface area contributed by atoms with Crippen LogP contribution in [0.3, 0.4) is 0 Å². The third-order valence-electron chi connectivity index (χ3n) is 5.09. The number of carbonyl (C=O) groups is 1. The van der Waals surface area contributed by atoms with Crippen LogP contribution in [0, 0.1) is 0 Å². The second-order valence-corrected chi connectivity index (χ2v) is 7.49. The molecule has 1 heterocycles. The van der Waals surface area contributed by atoms with Crippen LogP contribution in [0.15, 0.2) is 67.0 Å². The van der Waals surface area contributed by atoms with Crippen LogP contribution in [0.2, 0.25) is 0 Å². The van der Waals surface area contributed by atoms with E-state index >= 15 is 0 Å². The SMILES string of the molecule is CCN(Cc1ccc(C(=O)NCCc2cnn(-c3ccccc3)c2)cc1)C(C)C. The minimum Gasteiger partial charge on any atom is -0.352 e. The van der Waals surface area contributed by atoms with Crippen LogP contribution in [-0.4, -0.2) is 39.7 Å². The number of carbonyl (C=O) groups excluding carboxylic acids is 1. The lowest BCUT2D eigenvalue weighted by Gasteiger charge is -2.24. The highest BCUT2D eigenvalue weighted by Gasteiger charge is 2.09. The van der Waals surface area contributed by atoms with Crippen molar-refractivity contribution < 1.29 is 4.79 Å². The van der Waals surface area contributed by atoms with Crippen molar-refractivity contribution in [3.63, 3.8) is 0 Å². The first kappa shape index (κ1) is 20.8. The van der Waals surface area contributed by atoms with Crippen molar-refractivity contribution >= 4 is 5.91 Å². The van der Waals surface area contributed by atoms with E-state index in [-0.39, 0.29) is 5.91 Å². The zero-order chi connectivity index (χ0) is 20.6. The van der Waals surface area contributed by atoms with Crippen LogP contribution in [0.4, 0.5) is 0 Å². The van der Waals surface area contributed by atoms with Crippen LogP contribution in [0.5, 0.6) is 0 Å². The van der Waals surface area contributed by atoms with Crippen LogP contribution >= 0.6 is 0 Å². The zero-order valence-corrected chi connectivity index (χ0v) is 17.5. The van der Waals surface area contributed by atoms with Crippen molar-refractivity contribution in [1.29, 1.82) is 0 Å². The fraction of sp³-hybridized carbons (Fsp3) is 0.333. The Morgan fingerprint density at radius 1 is 1.07 bits per heavy atom. The Hall–Kier alpha value is -2.92. The number of nitrogens with one attached hydrogen (secondary N) is 1. The predicted octanol–water partition coefficient (Wildman–Crippen LogP) is 4.08. The summed E-state index contributed by atoms with van der Waals surface area (Å²) in [6.45, 7) is 9.08. The number of aromatic nitrogens is 2. The summed E-state index contributed by atoms with van der Waals surface area (Å²) >= 11 is 0. The van der Waals surface area contributed by atoms with Gasteiger partial charge in [-0.05, 0) is 62.2 Å². The lowest BCUT2D eigenvalue weighted by Crippen LogP contribution is -2.30. The van der Waals surface area contributed by atoms with Gasteiger partial charge in [0.05, 0.1) is 11.9 Å². The van der Waals surface area contributed by atoms with E-state index in [0.717, 1.165) is 30.8 Å². The molecule has 0 saturated carbocycles. The average Bonchev–Trinajstić information content (AvgIpc) is 3.21. The van der Waals surface area contributed by atoms with Crippen molar-refractivity contribution in [3.05, 3.63) is 83.7 Å². The van der Waals surface area contributed by atoms with E-state index in [4.69, 9.17) is 0 Å². The summed E-state index contributed by atoms with van der Waals surface area (Å²) in [5.74, 6) is -0.0387. The van der Waals surface area contributed by atoms with E-state index in [0.29, 0.717) is 18.2 Å². The van der Waals surface area contributed by atoms with Gasteiger partial charge < -0.3 is 5.32 Å². The molecule has 0 aliphatic heterocycles. The highest BCUT2D eigenvalue weighted by molar-refractivity contribution is 5.94. The van der Waals surface area contributed by atoms with Gasteiger partial charge in [-0.2, -0.15) is 5.10 Å². The van der Waals surface area contributed by atoms with Gasteiger partial charge in [0.1, 0.15) is 0 Å². The van der Waals surface area contributed by atoms with Gasteiger partial charge >= 0.3 is 0 Å². The summed E-state index contributed by atoms with van der Waals surface area (Å²) in [4.78, 5) is 14.8. The Bertz CT molecular complexity index is 900. The molecular weight excluding hydrogens is 360 g/mol. The van der Waals surface area contributed by atoms with Crippen LogP contribution < -0.4 is 5.32 Å². The number of hydrogen-bond donors (Lipinski definition) is 1.